The number of hydrogen-bond acceptors (Lipinski definition) is 4. The number of thiophene rings is 2. The number of hydrogen-bond donors (Lipinski definition) is 0. The Morgan fingerprint density at radius 1 is 1.15 bits per heavy atom. The van der Waals surface area contributed by atoms with Crippen LogP contribution in [0.2, 0.25) is 0 Å². The van der Waals surface area contributed by atoms with Crippen molar-refractivity contribution in [2.24, 2.45) is 0 Å². The van der Waals surface area contributed by atoms with Crippen molar-refractivity contribution in [1.29, 1.82) is 5.26 Å². The zero-order valence-corrected chi connectivity index (χ0v) is 15.6. The highest BCUT2D eigenvalue weighted by molar-refractivity contribution is 7.10. The minimum Gasteiger partial charge on any atom is -0.327 e. The number of rotatable bonds is 3. The van der Waals surface area contributed by atoms with E-state index in [2.05, 4.69) is 29.0 Å². The molecule has 1 aromatic carbocycles. The van der Waals surface area contributed by atoms with Gasteiger partial charge in [-0.2, -0.15) is 5.26 Å². The second kappa shape index (κ2) is 7.28. The molecule has 128 valence electrons. The van der Waals surface area contributed by atoms with Crippen LogP contribution in [-0.2, 0) is 11.2 Å². The number of nitrogens with zero attached hydrogens (tertiary/aromatic N) is 2. The molecule has 1 unspecified atom stereocenters. The molecule has 1 atom stereocenters. The van der Waals surface area contributed by atoms with E-state index in [1.165, 1.54) is 15.3 Å². The maximum Gasteiger partial charge on any atom is 0.247 e. The Balaban J connectivity index is 1.65. The van der Waals surface area contributed by atoms with Gasteiger partial charge in [0.25, 0.3) is 0 Å². The van der Waals surface area contributed by atoms with Crippen LogP contribution in [0.1, 0.15) is 32.5 Å². The van der Waals surface area contributed by atoms with Crippen molar-refractivity contribution in [3.8, 4) is 6.07 Å². The number of fused-ring (bicyclic) bond motifs is 1. The molecule has 26 heavy (non-hydrogen) atoms. The van der Waals surface area contributed by atoms with Gasteiger partial charge in [-0.3, -0.25) is 4.79 Å². The molecule has 0 radical (unpaired) electrons. The van der Waals surface area contributed by atoms with E-state index in [0.29, 0.717) is 12.1 Å². The second-order valence-corrected chi connectivity index (χ2v) is 8.01. The SMILES string of the molecule is N#Cc1ccccc1/C=C/C(=O)N1CCc2sccc2C1c1cccs1. The molecular formula is C21H16N2OS2. The molecule has 1 amide bonds. The highest BCUT2D eigenvalue weighted by atomic mass is 32.1. The van der Waals surface area contributed by atoms with Gasteiger partial charge >= 0.3 is 0 Å². The molecule has 1 aliphatic heterocycles. The molecule has 2 aromatic heterocycles. The third kappa shape index (κ3) is 3.10. The van der Waals surface area contributed by atoms with E-state index in [1.807, 2.05) is 29.2 Å². The van der Waals surface area contributed by atoms with Crippen molar-refractivity contribution < 1.29 is 4.79 Å². The summed E-state index contributed by atoms with van der Waals surface area (Å²) in [6, 6.07) is 15.7. The third-order valence-corrected chi connectivity index (χ3v) is 6.47. The molecule has 0 saturated heterocycles. The van der Waals surface area contributed by atoms with Crippen molar-refractivity contribution in [3.63, 3.8) is 0 Å². The summed E-state index contributed by atoms with van der Waals surface area (Å²) in [6.07, 6.45) is 4.23. The largest absolute Gasteiger partial charge is 0.327 e. The van der Waals surface area contributed by atoms with Crippen LogP contribution in [0.25, 0.3) is 6.08 Å². The lowest BCUT2D eigenvalue weighted by Gasteiger charge is -2.34. The van der Waals surface area contributed by atoms with E-state index < -0.39 is 0 Å². The summed E-state index contributed by atoms with van der Waals surface area (Å²) in [6.45, 7) is 0.707. The number of amides is 1. The Hall–Kier alpha value is -2.68. The smallest absolute Gasteiger partial charge is 0.247 e. The van der Waals surface area contributed by atoms with Crippen LogP contribution in [0.3, 0.4) is 0 Å². The molecule has 0 spiro atoms. The minimum absolute atomic E-state index is 0.0200. The Labute approximate surface area is 160 Å². The van der Waals surface area contributed by atoms with E-state index in [0.717, 1.165) is 12.0 Å². The highest BCUT2D eigenvalue weighted by Crippen LogP contribution is 2.39. The van der Waals surface area contributed by atoms with Gasteiger partial charge in [-0.1, -0.05) is 24.3 Å². The lowest BCUT2D eigenvalue weighted by atomic mass is 9.98. The molecular weight excluding hydrogens is 360 g/mol. The van der Waals surface area contributed by atoms with Crippen LogP contribution in [0, 0.1) is 11.3 Å². The third-order valence-electron chi connectivity index (χ3n) is 4.55. The van der Waals surface area contributed by atoms with Gasteiger partial charge in [0, 0.05) is 22.4 Å². The molecule has 0 saturated carbocycles. The maximum absolute atomic E-state index is 13.0. The first-order valence-corrected chi connectivity index (χ1v) is 10.1. The summed E-state index contributed by atoms with van der Waals surface area (Å²) in [5.74, 6) is -0.0204. The molecule has 0 N–H and O–H groups in total. The summed E-state index contributed by atoms with van der Waals surface area (Å²) < 4.78 is 0. The number of carbonyl (C=O) groups excluding carboxylic acids is 1. The van der Waals surface area contributed by atoms with E-state index in [1.54, 1.807) is 40.9 Å². The molecule has 0 fully saturated rings. The summed E-state index contributed by atoms with van der Waals surface area (Å²) in [5.41, 5.74) is 2.58. The molecule has 0 bridgehead atoms. The van der Waals surface area contributed by atoms with Crippen LogP contribution in [0.5, 0.6) is 0 Å². The van der Waals surface area contributed by atoms with Gasteiger partial charge in [-0.15, -0.1) is 22.7 Å². The predicted octanol–water partition coefficient (Wildman–Crippen LogP) is 4.87. The van der Waals surface area contributed by atoms with E-state index in [9.17, 15) is 10.1 Å². The van der Waals surface area contributed by atoms with Gasteiger partial charge in [0.15, 0.2) is 0 Å². The number of nitriles is 1. The predicted molar refractivity (Wildman–Crippen MR) is 106 cm³/mol. The quantitative estimate of drug-likeness (QED) is 0.612. The standard InChI is InChI=1S/C21H16N2OS2/c22-14-16-5-2-1-4-15(16)7-8-20(24)23-11-9-18-17(10-13-26-18)21(23)19-6-3-12-25-19/h1-8,10,12-13,21H,9,11H2/b8-7+. The molecule has 4 rings (SSSR count). The molecule has 3 aromatic rings. The topological polar surface area (TPSA) is 44.1 Å². The van der Waals surface area contributed by atoms with Crippen molar-refractivity contribution in [1.82, 2.24) is 4.90 Å². The van der Waals surface area contributed by atoms with Gasteiger partial charge in [-0.25, -0.2) is 0 Å². The first-order valence-electron chi connectivity index (χ1n) is 8.35. The molecule has 1 aliphatic rings. The lowest BCUT2D eigenvalue weighted by molar-refractivity contribution is -0.127. The Bertz CT molecular complexity index is 995. The van der Waals surface area contributed by atoms with E-state index in [4.69, 9.17) is 0 Å². The summed E-state index contributed by atoms with van der Waals surface area (Å²) in [5, 5.41) is 13.4. The first-order chi connectivity index (χ1) is 12.8. The second-order valence-electron chi connectivity index (χ2n) is 6.03. The fraction of sp³-hybridized carbons (Fsp3) is 0.143. The monoisotopic (exact) mass is 376 g/mol. The molecule has 5 heteroatoms. The van der Waals surface area contributed by atoms with E-state index >= 15 is 0 Å². The lowest BCUT2D eigenvalue weighted by Crippen LogP contribution is -2.38. The van der Waals surface area contributed by atoms with E-state index in [-0.39, 0.29) is 11.9 Å². The minimum atomic E-state index is -0.0204. The van der Waals surface area contributed by atoms with Crippen molar-refractivity contribution >= 4 is 34.7 Å². The van der Waals surface area contributed by atoms with Crippen molar-refractivity contribution in [2.45, 2.75) is 12.5 Å². The Morgan fingerprint density at radius 3 is 2.85 bits per heavy atom. The average Bonchev–Trinajstić information content (AvgIpc) is 3.37. The first kappa shape index (κ1) is 16.8. The Morgan fingerprint density at radius 2 is 2.04 bits per heavy atom. The fourth-order valence-corrected chi connectivity index (χ4v) is 5.07. The van der Waals surface area contributed by atoms with Gasteiger partial charge in [0.05, 0.1) is 17.7 Å². The maximum atomic E-state index is 13.0. The molecule has 0 aliphatic carbocycles. The van der Waals surface area contributed by atoms with Crippen LogP contribution >= 0.6 is 22.7 Å². The van der Waals surface area contributed by atoms with Gasteiger partial charge < -0.3 is 4.90 Å². The average molecular weight is 377 g/mol. The van der Waals surface area contributed by atoms with Crippen LogP contribution in [0.4, 0.5) is 0 Å². The number of carbonyl (C=O) groups is 1. The van der Waals surface area contributed by atoms with Crippen LogP contribution in [0.15, 0.2) is 59.3 Å². The van der Waals surface area contributed by atoms with Crippen LogP contribution in [-0.4, -0.2) is 17.4 Å². The summed E-state index contributed by atoms with van der Waals surface area (Å²) >= 11 is 3.45. The zero-order valence-electron chi connectivity index (χ0n) is 14.0. The van der Waals surface area contributed by atoms with Gasteiger partial charge in [0.1, 0.15) is 0 Å². The van der Waals surface area contributed by atoms with Gasteiger partial charge in [-0.05, 0) is 52.6 Å². The molecule has 3 heterocycles. The Kier molecular flexibility index (Phi) is 4.70. The number of benzene rings is 1. The van der Waals surface area contributed by atoms with Crippen molar-refractivity contribution in [3.05, 3.63) is 85.7 Å². The molecule has 3 nitrogen and oxygen atoms in total. The van der Waals surface area contributed by atoms with Crippen LogP contribution < -0.4 is 0 Å². The highest BCUT2D eigenvalue weighted by Gasteiger charge is 2.32. The van der Waals surface area contributed by atoms with Gasteiger partial charge in [0.2, 0.25) is 5.91 Å². The summed E-state index contributed by atoms with van der Waals surface area (Å²) in [7, 11) is 0. The zero-order chi connectivity index (χ0) is 17.9. The fourth-order valence-electron chi connectivity index (χ4n) is 3.31. The summed E-state index contributed by atoms with van der Waals surface area (Å²) in [4.78, 5) is 17.5. The van der Waals surface area contributed by atoms with Crippen molar-refractivity contribution in [2.75, 3.05) is 6.54 Å². The normalized spacial score (nSPS) is 16.4.